The number of carbonyl (C=O) groups excluding carboxylic acids is 2. The zero-order valence-electron chi connectivity index (χ0n) is 20.0. The van der Waals surface area contributed by atoms with Crippen LogP contribution >= 0.6 is 0 Å². The lowest BCUT2D eigenvalue weighted by molar-refractivity contribution is -0.120. The molecule has 2 heterocycles. The van der Waals surface area contributed by atoms with Crippen LogP contribution in [0, 0.1) is 5.92 Å². The summed E-state index contributed by atoms with van der Waals surface area (Å²) < 4.78 is 0. The summed E-state index contributed by atoms with van der Waals surface area (Å²) in [5.41, 5.74) is 4.79. The maximum Gasteiger partial charge on any atom is 0.257 e. The first kappa shape index (κ1) is 23.5. The fourth-order valence-electron chi connectivity index (χ4n) is 4.55. The minimum atomic E-state index is -0.200. The maximum absolute atomic E-state index is 12.6. The molecule has 7 heteroatoms. The van der Waals surface area contributed by atoms with E-state index in [0.717, 1.165) is 54.0 Å². The van der Waals surface area contributed by atoms with Crippen LogP contribution < -0.4 is 10.6 Å². The van der Waals surface area contributed by atoms with Gasteiger partial charge in [-0.25, -0.2) is 4.98 Å². The Morgan fingerprint density at radius 3 is 2.11 bits per heavy atom. The number of aromatic amines is 1. The summed E-state index contributed by atoms with van der Waals surface area (Å²) in [7, 11) is 0. The predicted octanol–water partition coefficient (Wildman–Crippen LogP) is 6.30. The van der Waals surface area contributed by atoms with Gasteiger partial charge in [0.05, 0.1) is 17.5 Å². The number of pyridine rings is 1. The molecule has 2 amide bonds. The number of imidazole rings is 1. The van der Waals surface area contributed by atoms with E-state index in [9.17, 15) is 9.59 Å². The van der Waals surface area contributed by atoms with Gasteiger partial charge < -0.3 is 15.6 Å². The zero-order valence-corrected chi connectivity index (χ0v) is 20.0. The van der Waals surface area contributed by atoms with Gasteiger partial charge in [-0.2, -0.15) is 0 Å². The smallest absolute Gasteiger partial charge is 0.257 e. The molecule has 1 aliphatic carbocycles. The van der Waals surface area contributed by atoms with Crippen LogP contribution in [0.15, 0.2) is 79.3 Å². The second-order valence-electron chi connectivity index (χ2n) is 9.17. The van der Waals surface area contributed by atoms with Crippen molar-refractivity contribution in [3.63, 3.8) is 0 Å². The van der Waals surface area contributed by atoms with Crippen LogP contribution in [0.4, 0.5) is 11.4 Å². The van der Waals surface area contributed by atoms with Crippen LogP contribution in [-0.2, 0) is 4.79 Å². The van der Waals surface area contributed by atoms with E-state index >= 15 is 0 Å². The number of aromatic nitrogens is 3. The summed E-state index contributed by atoms with van der Waals surface area (Å²) in [5.74, 6) is 0.800. The Morgan fingerprint density at radius 2 is 1.44 bits per heavy atom. The SMILES string of the molecule is O=C(Nc1ccc(-c2cnc(-c3ccc(NC(=O)C4CCCCCC4)cc3)[nH]2)cc1)c1cccnc1. The van der Waals surface area contributed by atoms with Crippen molar-refractivity contribution < 1.29 is 9.59 Å². The van der Waals surface area contributed by atoms with Crippen molar-refractivity contribution in [2.75, 3.05) is 10.6 Å². The first-order valence-electron chi connectivity index (χ1n) is 12.4. The molecule has 0 radical (unpaired) electrons. The third-order valence-electron chi connectivity index (χ3n) is 6.61. The van der Waals surface area contributed by atoms with Crippen molar-refractivity contribution in [1.82, 2.24) is 15.0 Å². The van der Waals surface area contributed by atoms with Crippen molar-refractivity contribution in [1.29, 1.82) is 0 Å². The Hall–Kier alpha value is -4.26. The predicted molar refractivity (Wildman–Crippen MR) is 141 cm³/mol. The lowest BCUT2D eigenvalue weighted by Gasteiger charge is -2.14. The Balaban J connectivity index is 1.21. The molecule has 0 bridgehead atoms. The molecule has 0 saturated heterocycles. The van der Waals surface area contributed by atoms with Gasteiger partial charge in [-0.05, 0) is 66.9 Å². The first-order valence-corrected chi connectivity index (χ1v) is 12.4. The zero-order chi connectivity index (χ0) is 24.7. The van der Waals surface area contributed by atoms with Gasteiger partial charge in [0.1, 0.15) is 5.82 Å². The fraction of sp³-hybridized carbons (Fsp3) is 0.241. The van der Waals surface area contributed by atoms with Crippen molar-refractivity contribution in [3.8, 4) is 22.6 Å². The van der Waals surface area contributed by atoms with E-state index in [1.54, 1.807) is 24.5 Å². The van der Waals surface area contributed by atoms with Crippen molar-refractivity contribution in [2.45, 2.75) is 38.5 Å². The Kier molecular flexibility index (Phi) is 7.17. The molecule has 2 aromatic heterocycles. The number of hydrogen-bond donors (Lipinski definition) is 3. The van der Waals surface area contributed by atoms with E-state index in [1.165, 1.54) is 19.0 Å². The second-order valence-corrected chi connectivity index (χ2v) is 9.17. The molecule has 0 atom stereocenters. The molecule has 2 aromatic carbocycles. The van der Waals surface area contributed by atoms with E-state index in [1.807, 2.05) is 48.5 Å². The molecule has 36 heavy (non-hydrogen) atoms. The molecular weight excluding hydrogens is 450 g/mol. The molecule has 0 aliphatic heterocycles. The second kappa shape index (κ2) is 11.0. The summed E-state index contributed by atoms with van der Waals surface area (Å²) in [6.45, 7) is 0. The standard InChI is InChI=1S/C29H29N5O2/c35-28(22-6-3-1-2-4-7-22)32-25-15-11-21(12-16-25)27-31-19-26(34-27)20-9-13-24(14-10-20)33-29(36)23-8-5-17-30-18-23/h5,8-19,22H,1-4,6-7H2,(H,31,34)(H,32,35)(H,33,36). The number of H-pyrrole nitrogens is 1. The molecule has 5 rings (SSSR count). The molecule has 1 aliphatic rings. The summed E-state index contributed by atoms with van der Waals surface area (Å²) in [6, 6.07) is 18.8. The molecule has 4 aromatic rings. The number of hydrogen-bond acceptors (Lipinski definition) is 4. The van der Waals surface area contributed by atoms with E-state index < -0.39 is 0 Å². The van der Waals surface area contributed by atoms with Crippen molar-refractivity contribution >= 4 is 23.2 Å². The van der Waals surface area contributed by atoms with Gasteiger partial charge in [0.15, 0.2) is 0 Å². The van der Waals surface area contributed by atoms with Gasteiger partial charge in [-0.3, -0.25) is 14.6 Å². The van der Waals surface area contributed by atoms with E-state index in [0.29, 0.717) is 11.3 Å². The topological polar surface area (TPSA) is 99.8 Å². The van der Waals surface area contributed by atoms with E-state index in [4.69, 9.17) is 0 Å². The summed E-state index contributed by atoms with van der Waals surface area (Å²) in [4.78, 5) is 36.8. The molecule has 1 saturated carbocycles. The molecular formula is C29H29N5O2. The number of anilines is 2. The third-order valence-corrected chi connectivity index (χ3v) is 6.61. The van der Waals surface area contributed by atoms with Crippen LogP contribution in [0.1, 0.15) is 48.9 Å². The molecule has 3 N–H and O–H groups in total. The minimum Gasteiger partial charge on any atom is -0.338 e. The van der Waals surface area contributed by atoms with Crippen molar-refractivity contribution in [2.24, 2.45) is 5.92 Å². The average Bonchev–Trinajstić information content (AvgIpc) is 3.25. The average molecular weight is 480 g/mol. The van der Waals surface area contributed by atoms with Crippen LogP contribution in [0.5, 0.6) is 0 Å². The molecule has 182 valence electrons. The van der Waals surface area contributed by atoms with Gasteiger partial charge in [-0.15, -0.1) is 0 Å². The highest BCUT2D eigenvalue weighted by atomic mass is 16.2. The van der Waals surface area contributed by atoms with E-state index in [2.05, 4.69) is 25.6 Å². The van der Waals surface area contributed by atoms with Crippen molar-refractivity contribution in [3.05, 3.63) is 84.8 Å². The highest BCUT2D eigenvalue weighted by Crippen LogP contribution is 2.26. The molecule has 1 fully saturated rings. The maximum atomic E-state index is 12.6. The van der Waals surface area contributed by atoms with Gasteiger partial charge in [0, 0.05) is 35.2 Å². The highest BCUT2D eigenvalue weighted by molar-refractivity contribution is 6.04. The quantitative estimate of drug-likeness (QED) is 0.283. The number of amides is 2. The number of rotatable bonds is 6. The molecule has 0 unspecified atom stereocenters. The number of nitrogens with one attached hydrogen (secondary N) is 3. The Bertz CT molecular complexity index is 1310. The van der Waals surface area contributed by atoms with Gasteiger partial charge in [0.25, 0.3) is 5.91 Å². The lowest BCUT2D eigenvalue weighted by atomic mass is 9.99. The summed E-state index contributed by atoms with van der Waals surface area (Å²) in [5, 5.41) is 5.95. The Morgan fingerprint density at radius 1 is 0.778 bits per heavy atom. The Labute approximate surface area is 210 Å². The van der Waals surface area contributed by atoms with Crippen LogP contribution in [-0.4, -0.2) is 26.8 Å². The normalized spacial score (nSPS) is 14.1. The van der Waals surface area contributed by atoms with Gasteiger partial charge >= 0.3 is 0 Å². The monoisotopic (exact) mass is 479 g/mol. The van der Waals surface area contributed by atoms with Gasteiger partial charge in [0.2, 0.25) is 5.91 Å². The lowest BCUT2D eigenvalue weighted by Crippen LogP contribution is -2.22. The number of carbonyl (C=O) groups is 2. The largest absolute Gasteiger partial charge is 0.338 e. The third kappa shape index (κ3) is 5.68. The van der Waals surface area contributed by atoms with Crippen LogP contribution in [0.25, 0.3) is 22.6 Å². The summed E-state index contributed by atoms with van der Waals surface area (Å²) in [6.07, 6.45) is 11.7. The van der Waals surface area contributed by atoms with Gasteiger partial charge in [-0.1, -0.05) is 37.8 Å². The summed E-state index contributed by atoms with van der Waals surface area (Å²) >= 11 is 0. The van der Waals surface area contributed by atoms with E-state index in [-0.39, 0.29) is 17.7 Å². The minimum absolute atomic E-state index is 0.120. The first-order chi connectivity index (χ1) is 17.7. The van der Waals surface area contributed by atoms with Crippen LogP contribution in [0.3, 0.4) is 0 Å². The molecule has 7 nitrogen and oxygen atoms in total. The fourth-order valence-corrected chi connectivity index (χ4v) is 4.55. The number of benzene rings is 2. The highest BCUT2D eigenvalue weighted by Gasteiger charge is 2.20. The molecule has 0 spiro atoms. The van der Waals surface area contributed by atoms with Crippen LogP contribution in [0.2, 0.25) is 0 Å². The number of nitrogens with zero attached hydrogens (tertiary/aromatic N) is 2.